The van der Waals surface area contributed by atoms with Crippen LogP contribution in [-0.2, 0) is 0 Å². The second-order valence-electron chi connectivity index (χ2n) is 8.94. The quantitative estimate of drug-likeness (QED) is 0.368. The van der Waals surface area contributed by atoms with Gasteiger partial charge >= 0.3 is 0 Å². The van der Waals surface area contributed by atoms with Crippen molar-refractivity contribution in [2.24, 2.45) is 11.8 Å². The van der Waals surface area contributed by atoms with Crippen molar-refractivity contribution in [2.45, 2.75) is 26.2 Å². The van der Waals surface area contributed by atoms with Crippen molar-refractivity contribution in [3.63, 3.8) is 0 Å². The van der Waals surface area contributed by atoms with Gasteiger partial charge in [0.05, 0.1) is 0 Å². The van der Waals surface area contributed by atoms with Gasteiger partial charge in [-0.1, -0.05) is 84.9 Å². The van der Waals surface area contributed by atoms with Gasteiger partial charge < -0.3 is 5.32 Å². The maximum Gasteiger partial charge on any atom is 0.185 e. The normalized spacial score (nSPS) is 20.6. The van der Waals surface area contributed by atoms with E-state index in [1.807, 2.05) is 66.7 Å². The molecule has 3 nitrogen and oxygen atoms in total. The van der Waals surface area contributed by atoms with Gasteiger partial charge in [0.2, 0.25) is 0 Å². The van der Waals surface area contributed by atoms with Gasteiger partial charge in [-0.05, 0) is 61.4 Å². The van der Waals surface area contributed by atoms with E-state index in [0.717, 1.165) is 18.5 Å². The van der Waals surface area contributed by atoms with Gasteiger partial charge in [0, 0.05) is 23.6 Å². The summed E-state index contributed by atoms with van der Waals surface area (Å²) in [5.74, 6) is 0.361. The van der Waals surface area contributed by atoms with E-state index >= 15 is 0 Å². The van der Waals surface area contributed by atoms with Gasteiger partial charge in [0.25, 0.3) is 0 Å². The third kappa shape index (κ3) is 5.20. The van der Waals surface area contributed by atoms with Gasteiger partial charge in [-0.15, -0.1) is 0 Å². The summed E-state index contributed by atoms with van der Waals surface area (Å²) < 4.78 is 0. The lowest BCUT2D eigenvalue weighted by molar-refractivity contribution is 0.0846. The van der Waals surface area contributed by atoms with E-state index in [4.69, 9.17) is 0 Å². The van der Waals surface area contributed by atoms with Crippen LogP contribution in [0.25, 0.3) is 0 Å². The lowest BCUT2D eigenvalue weighted by Crippen LogP contribution is -2.45. The Morgan fingerprint density at radius 1 is 0.848 bits per heavy atom. The molecule has 1 heterocycles. The molecule has 0 saturated carbocycles. The summed E-state index contributed by atoms with van der Waals surface area (Å²) in [5, 5.41) is 3.50. The highest BCUT2D eigenvalue weighted by molar-refractivity contribution is 6.04. The largest absolute Gasteiger partial charge is 0.316 e. The highest BCUT2D eigenvalue weighted by Gasteiger charge is 2.39. The predicted octanol–water partition coefficient (Wildman–Crippen LogP) is 5.93. The molecule has 3 aromatic rings. The maximum atomic E-state index is 13.6. The maximum absolute atomic E-state index is 13.6. The fraction of sp³-hybridized carbons (Fsp3) is 0.267. The molecule has 0 spiro atoms. The molecule has 0 radical (unpaired) electrons. The van der Waals surface area contributed by atoms with Crippen LogP contribution in [0.15, 0.2) is 91.0 Å². The van der Waals surface area contributed by atoms with Crippen LogP contribution < -0.4 is 5.32 Å². The fourth-order valence-corrected chi connectivity index (χ4v) is 4.96. The zero-order valence-corrected chi connectivity index (χ0v) is 19.3. The van der Waals surface area contributed by atoms with Gasteiger partial charge in [-0.3, -0.25) is 9.59 Å². The van der Waals surface area contributed by atoms with Crippen LogP contribution in [0.2, 0.25) is 0 Å². The average Bonchev–Trinajstić information content (AvgIpc) is 2.86. The molecular weight excluding hydrogens is 406 g/mol. The third-order valence-electron chi connectivity index (χ3n) is 6.88. The number of piperidine rings is 1. The van der Waals surface area contributed by atoms with E-state index in [9.17, 15) is 9.59 Å². The highest BCUT2D eigenvalue weighted by atomic mass is 16.1. The molecule has 0 bridgehead atoms. The van der Waals surface area contributed by atoms with Crippen molar-refractivity contribution >= 4 is 11.6 Å². The smallest absolute Gasteiger partial charge is 0.185 e. The number of carbonyl (C=O) groups is 2. The van der Waals surface area contributed by atoms with E-state index in [1.54, 1.807) is 6.08 Å². The summed E-state index contributed by atoms with van der Waals surface area (Å²) in [5.41, 5.74) is 5.20. The second kappa shape index (κ2) is 10.5. The predicted molar refractivity (Wildman–Crippen MR) is 134 cm³/mol. The van der Waals surface area contributed by atoms with Gasteiger partial charge in [-0.25, -0.2) is 0 Å². The number of Topliss-reactive ketones (excluding diaryl/α,β-unsaturated/α-hetero) is 1. The SMILES string of the molecule is Cc1cccc(C2C(CC=CC(=O)c3ccccc3)CNCC2C(=O)c2ccccc2)c1C. The number of allylic oxidation sites excluding steroid dienone is 2. The van der Waals surface area contributed by atoms with E-state index in [0.29, 0.717) is 12.1 Å². The molecule has 1 N–H and O–H groups in total. The third-order valence-corrected chi connectivity index (χ3v) is 6.88. The highest BCUT2D eigenvalue weighted by Crippen LogP contribution is 2.40. The summed E-state index contributed by atoms with van der Waals surface area (Å²) in [4.78, 5) is 26.1. The summed E-state index contributed by atoms with van der Waals surface area (Å²) >= 11 is 0. The number of nitrogens with one attached hydrogen (secondary N) is 1. The first-order chi connectivity index (χ1) is 16.1. The first-order valence-electron chi connectivity index (χ1n) is 11.7. The van der Waals surface area contributed by atoms with Gasteiger partial charge in [0.1, 0.15) is 0 Å². The number of benzene rings is 3. The van der Waals surface area contributed by atoms with E-state index in [1.165, 1.54) is 16.7 Å². The molecule has 3 atom stereocenters. The summed E-state index contributed by atoms with van der Waals surface area (Å²) in [6.07, 6.45) is 4.40. The van der Waals surface area contributed by atoms with E-state index < -0.39 is 0 Å². The van der Waals surface area contributed by atoms with E-state index in [-0.39, 0.29) is 29.3 Å². The molecule has 3 heteroatoms. The number of ketones is 2. The monoisotopic (exact) mass is 437 g/mol. The molecule has 0 amide bonds. The minimum Gasteiger partial charge on any atom is -0.316 e. The molecule has 1 aliphatic heterocycles. The number of hydrogen-bond acceptors (Lipinski definition) is 3. The van der Waals surface area contributed by atoms with Crippen LogP contribution in [0.3, 0.4) is 0 Å². The van der Waals surface area contributed by atoms with Crippen LogP contribution in [0.5, 0.6) is 0 Å². The molecule has 4 rings (SSSR count). The lowest BCUT2D eigenvalue weighted by Gasteiger charge is -2.39. The Hall–Kier alpha value is -3.30. The van der Waals surface area contributed by atoms with Crippen molar-refractivity contribution in [1.29, 1.82) is 0 Å². The van der Waals surface area contributed by atoms with Crippen molar-refractivity contribution in [1.82, 2.24) is 5.32 Å². The summed E-state index contributed by atoms with van der Waals surface area (Å²) in [6.45, 7) is 5.76. The molecule has 33 heavy (non-hydrogen) atoms. The average molecular weight is 438 g/mol. The fourth-order valence-electron chi connectivity index (χ4n) is 4.96. The molecule has 0 aromatic heterocycles. The molecule has 1 fully saturated rings. The van der Waals surface area contributed by atoms with Crippen molar-refractivity contribution < 1.29 is 9.59 Å². The number of hydrogen-bond donors (Lipinski definition) is 1. The van der Waals surface area contributed by atoms with Crippen molar-refractivity contribution in [2.75, 3.05) is 13.1 Å². The molecule has 1 aliphatic rings. The number of aryl methyl sites for hydroxylation is 1. The van der Waals surface area contributed by atoms with Crippen molar-refractivity contribution in [3.8, 4) is 0 Å². The Bertz CT molecular complexity index is 1130. The number of rotatable bonds is 7. The van der Waals surface area contributed by atoms with Gasteiger partial charge in [0.15, 0.2) is 11.6 Å². The zero-order valence-electron chi connectivity index (χ0n) is 19.3. The Labute approximate surface area is 196 Å². The molecular formula is C30H31NO2. The first-order valence-corrected chi connectivity index (χ1v) is 11.7. The van der Waals surface area contributed by atoms with Crippen molar-refractivity contribution in [3.05, 3.63) is 119 Å². The second-order valence-corrected chi connectivity index (χ2v) is 8.94. The summed E-state index contributed by atoms with van der Waals surface area (Å²) in [7, 11) is 0. The molecule has 168 valence electrons. The van der Waals surface area contributed by atoms with E-state index in [2.05, 4.69) is 37.4 Å². The molecule has 3 aromatic carbocycles. The van der Waals surface area contributed by atoms with Crippen LogP contribution >= 0.6 is 0 Å². The van der Waals surface area contributed by atoms with Crippen LogP contribution in [0.4, 0.5) is 0 Å². The first kappa shape index (κ1) is 22.9. The van der Waals surface area contributed by atoms with Crippen LogP contribution in [0.1, 0.15) is 49.7 Å². The Kier molecular flexibility index (Phi) is 7.31. The Morgan fingerprint density at radius 2 is 1.52 bits per heavy atom. The lowest BCUT2D eigenvalue weighted by atomic mass is 9.69. The molecule has 0 aliphatic carbocycles. The van der Waals surface area contributed by atoms with Crippen LogP contribution in [-0.4, -0.2) is 24.7 Å². The molecule has 3 unspecified atom stereocenters. The Morgan fingerprint density at radius 3 is 2.21 bits per heavy atom. The zero-order chi connectivity index (χ0) is 23.2. The topological polar surface area (TPSA) is 46.2 Å². The number of carbonyl (C=O) groups excluding carboxylic acids is 2. The summed E-state index contributed by atoms with van der Waals surface area (Å²) in [6, 6.07) is 25.3. The minimum atomic E-state index is -0.148. The molecule has 1 saturated heterocycles. The standard InChI is InChI=1S/C30H31NO2/c1-21-11-9-17-26(22(21)2)29-25(16-10-18-28(32)23-12-5-3-6-13-23)19-31-20-27(29)30(33)24-14-7-4-8-15-24/h3-15,17-18,25,27,29,31H,16,19-20H2,1-2H3. The van der Waals surface area contributed by atoms with Crippen LogP contribution in [0, 0.1) is 25.7 Å². The van der Waals surface area contributed by atoms with Gasteiger partial charge in [-0.2, -0.15) is 0 Å². The minimum absolute atomic E-state index is 0.0135. The Balaban J connectivity index is 1.63.